The molecule has 7 nitrogen and oxygen atoms in total. The number of aliphatic hydroxyl groups is 1. The standard InChI is InChI=1S/C21H29N3O4S/c1-16(2)14-24(15-21(25)20(22)12-17-6-4-3-5-7-17)29(27,28)19-10-8-18(9-11-19)13-23-26/h3-11,16,20-21,25H,12-15,22H2,1-2H3/t20-,21+/m0/s1. The molecule has 8 heteroatoms. The quantitative estimate of drug-likeness (QED) is 0.544. The summed E-state index contributed by atoms with van der Waals surface area (Å²) in [7, 11) is -3.82. The molecule has 29 heavy (non-hydrogen) atoms. The molecule has 2 rings (SSSR count). The van der Waals surface area contributed by atoms with Crippen LogP contribution in [0.4, 0.5) is 0 Å². The number of nitrogens with zero attached hydrogens (tertiary/aromatic N) is 2. The molecule has 0 radical (unpaired) electrons. The van der Waals surface area contributed by atoms with Crippen LogP contribution >= 0.6 is 0 Å². The third-order valence-corrected chi connectivity index (χ3v) is 6.42. The molecule has 2 aromatic rings. The SMILES string of the molecule is CC(C)CN(C[C@@H](O)[C@@H](N)Cc1ccccc1)S(=O)(=O)c1ccc(CN=O)cc1. The van der Waals surface area contributed by atoms with E-state index < -0.39 is 22.2 Å². The van der Waals surface area contributed by atoms with E-state index in [1.165, 1.54) is 16.4 Å². The smallest absolute Gasteiger partial charge is 0.243 e. The number of hydrogen-bond donors (Lipinski definition) is 2. The maximum Gasteiger partial charge on any atom is 0.243 e. The zero-order valence-electron chi connectivity index (χ0n) is 16.8. The van der Waals surface area contributed by atoms with Gasteiger partial charge in [-0.2, -0.15) is 9.21 Å². The van der Waals surface area contributed by atoms with Gasteiger partial charge in [0.1, 0.15) is 6.54 Å². The summed E-state index contributed by atoms with van der Waals surface area (Å²) >= 11 is 0. The average Bonchev–Trinajstić information content (AvgIpc) is 2.68. The summed E-state index contributed by atoms with van der Waals surface area (Å²) < 4.78 is 27.6. The van der Waals surface area contributed by atoms with Crippen LogP contribution in [-0.4, -0.2) is 43.1 Å². The minimum absolute atomic E-state index is 0.0108. The molecule has 0 aliphatic carbocycles. The van der Waals surface area contributed by atoms with E-state index in [0.29, 0.717) is 12.0 Å². The third-order valence-electron chi connectivity index (χ3n) is 4.58. The minimum Gasteiger partial charge on any atom is -0.390 e. The number of sulfonamides is 1. The van der Waals surface area contributed by atoms with Crippen LogP contribution in [0, 0.1) is 10.8 Å². The highest BCUT2D eigenvalue weighted by Gasteiger charge is 2.29. The van der Waals surface area contributed by atoms with E-state index >= 15 is 0 Å². The van der Waals surface area contributed by atoms with Crippen molar-refractivity contribution < 1.29 is 13.5 Å². The van der Waals surface area contributed by atoms with Crippen molar-refractivity contribution in [3.8, 4) is 0 Å². The van der Waals surface area contributed by atoms with Crippen LogP contribution in [0.25, 0.3) is 0 Å². The van der Waals surface area contributed by atoms with Gasteiger partial charge in [-0.15, -0.1) is 0 Å². The van der Waals surface area contributed by atoms with Gasteiger partial charge in [-0.3, -0.25) is 0 Å². The summed E-state index contributed by atoms with van der Waals surface area (Å²) in [6, 6.07) is 15.0. The second-order valence-corrected chi connectivity index (χ2v) is 9.51. The lowest BCUT2D eigenvalue weighted by Gasteiger charge is -2.28. The molecule has 0 saturated carbocycles. The van der Waals surface area contributed by atoms with Gasteiger partial charge >= 0.3 is 0 Å². The molecule has 0 bridgehead atoms. The normalized spacial score (nSPS) is 14.1. The number of benzene rings is 2. The first-order chi connectivity index (χ1) is 13.7. The first-order valence-electron chi connectivity index (χ1n) is 9.59. The molecule has 0 amide bonds. The first kappa shape index (κ1) is 23.2. The Morgan fingerprint density at radius 1 is 1.00 bits per heavy atom. The van der Waals surface area contributed by atoms with Crippen LogP contribution in [0.2, 0.25) is 0 Å². The molecule has 2 atom stereocenters. The molecule has 0 aliphatic heterocycles. The second-order valence-electron chi connectivity index (χ2n) is 7.57. The van der Waals surface area contributed by atoms with Crippen LogP contribution in [-0.2, 0) is 23.0 Å². The van der Waals surface area contributed by atoms with Gasteiger partial charge in [0.05, 0.1) is 11.0 Å². The third kappa shape index (κ3) is 6.71. The van der Waals surface area contributed by atoms with Crippen molar-refractivity contribution in [3.05, 3.63) is 70.6 Å². The van der Waals surface area contributed by atoms with Gasteiger partial charge < -0.3 is 10.8 Å². The van der Waals surface area contributed by atoms with E-state index in [-0.39, 0.29) is 30.4 Å². The summed E-state index contributed by atoms with van der Waals surface area (Å²) in [6.45, 7) is 3.99. The highest BCUT2D eigenvalue weighted by Crippen LogP contribution is 2.19. The van der Waals surface area contributed by atoms with Gasteiger partial charge in [0.2, 0.25) is 10.0 Å². The van der Waals surface area contributed by atoms with Crippen LogP contribution in [0.5, 0.6) is 0 Å². The van der Waals surface area contributed by atoms with Crippen molar-refractivity contribution in [2.75, 3.05) is 13.1 Å². The van der Waals surface area contributed by atoms with E-state index in [9.17, 15) is 18.4 Å². The lowest BCUT2D eigenvalue weighted by molar-refractivity contribution is 0.116. The molecule has 0 unspecified atom stereocenters. The lowest BCUT2D eigenvalue weighted by atomic mass is 10.0. The Morgan fingerprint density at radius 2 is 1.62 bits per heavy atom. The number of nitroso groups, excluding NO2 is 1. The van der Waals surface area contributed by atoms with E-state index in [4.69, 9.17) is 5.73 Å². The fourth-order valence-electron chi connectivity index (χ4n) is 3.03. The molecular formula is C21H29N3O4S. The highest BCUT2D eigenvalue weighted by molar-refractivity contribution is 7.89. The monoisotopic (exact) mass is 419 g/mol. The van der Waals surface area contributed by atoms with Gasteiger partial charge in [0.25, 0.3) is 0 Å². The Labute approximate surface area is 172 Å². The van der Waals surface area contributed by atoms with Gasteiger partial charge in [-0.1, -0.05) is 61.5 Å². The number of aliphatic hydroxyl groups excluding tert-OH is 1. The molecule has 3 N–H and O–H groups in total. The summed E-state index contributed by atoms with van der Waals surface area (Å²) in [6.07, 6.45) is -0.562. The zero-order valence-corrected chi connectivity index (χ0v) is 17.6. The van der Waals surface area contributed by atoms with Crippen molar-refractivity contribution >= 4 is 10.0 Å². The van der Waals surface area contributed by atoms with Crippen LogP contribution in [0.3, 0.4) is 0 Å². The van der Waals surface area contributed by atoms with Crippen LogP contribution < -0.4 is 5.73 Å². The van der Waals surface area contributed by atoms with E-state index in [0.717, 1.165) is 5.56 Å². The number of rotatable bonds is 11. The molecule has 0 aromatic heterocycles. The molecule has 2 aromatic carbocycles. The van der Waals surface area contributed by atoms with Gasteiger partial charge in [0.15, 0.2) is 0 Å². The lowest BCUT2D eigenvalue weighted by Crippen LogP contribution is -2.47. The molecule has 158 valence electrons. The van der Waals surface area contributed by atoms with Crippen molar-refractivity contribution in [3.63, 3.8) is 0 Å². The Kier molecular flexibility index (Phi) is 8.45. The summed E-state index contributed by atoms with van der Waals surface area (Å²) in [5.74, 6) is 0.0702. The maximum absolute atomic E-state index is 13.1. The first-order valence-corrected chi connectivity index (χ1v) is 11.0. The summed E-state index contributed by atoms with van der Waals surface area (Å²) in [5, 5.41) is 13.4. The maximum atomic E-state index is 13.1. The number of hydrogen-bond acceptors (Lipinski definition) is 6. The van der Waals surface area contributed by atoms with Crippen molar-refractivity contribution in [2.45, 2.75) is 43.9 Å². The number of nitrogens with two attached hydrogens (primary N) is 1. The summed E-state index contributed by atoms with van der Waals surface area (Å²) in [5.41, 5.74) is 7.77. The topological polar surface area (TPSA) is 113 Å². The Balaban J connectivity index is 2.17. The van der Waals surface area contributed by atoms with Crippen molar-refractivity contribution in [1.82, 2.24) is 4.31 Å². The van der Waals surface area contributed by atoms with Crippen LogP contribution in [0.1, 0.15) is 25.0 Å². The molecular weight excluding hydrogens is 390 g/mol. The van der Waals surface area contributed by atoms with Crippen LogP contribution in [0.15, 0.2) is 64.7 Å². The predicted molar refractivity (Wildman–Crippen MR) is 114 cm³/mol. The van der Waals surface area contributed by atoms with E-state index in [2.05, 4.69) is 5.18 Å². The molecule has 0 aliphatic rings. The minimum atomic E-state index is -3.82. The Morgan fingerprint density at radius 3 is 2.17 bits per heavy atom. The zero-order chi connectivity index (χ0) is 21.4. The fraction of sp³-hybridized carbons (Fsp3) is 0.429. The largest absolute Gasteiger partial charge is 0.390 e. The Bertz CT molecular complexity index is 871. The van der Waals surface area contributed by atoms with Crippen molar-refractivity contribution in [2.24, 2.45) is 16.8 Å². The summed E-state index contributed by atoms with van der Waals surface area (Å²) in [4.78, 5) is 10.5. The Hall–Kier alpha value is -2.13. The van der Waals surface area contributed by atoms with E-state index in [1.54, 1.807) is 12.1 Å². The fourth-order valence-corrected chi connectivity index (χ4v) is 4.66. The molecule has 0 fully saturated rings. The van der Waals surface area contributed by atoms with Gasteiger partial charge in [-0.25, -0.2) is 8.42 Å². The molecule has 0 saturated heterocycles. The predicted octanol–water partition coefficient (Wildman–Crippen LogP) is 2.53. The molecule has 0 heterocycles. The van der Waals surface area contributed by atoms with Gasteiger partial charge in [0, 0.05) is 19.1 Å². The van der Waals surface area contributed by atoms with E-state index in [1.807, 2.05) is 44.2 Å². The second kappa shape index (κ2) is 10.6. The average molecular weight is 420 g/mol. The molecule has 0 spiro atoms. The van der Waals surface area contributed by atoms with Crippen molar-refractivity contribution in [1.29, 1.82) is 0 Å². The van der Waals surface area contributed by atoms with Gasteiger partial charge in [-0.05, 0) is 35.6 Å². The highest BCUT2D eigenvalue weighted by atomic mass is 32.2.